The van der Waals surface area contributed by atoms with Gasteiger partial charge in [-0.1, -0.05) is 17.3 Å². The highest BCUT2D eigenvalue weighted by molar-refractivity contribution is 14.0. The van der Waals surface area contributed by atoms with Crippen LogP contribution in [-0.4, -0.2) is 60.8 Å². The predicted octanol–water partition coefficient (Wildman–Crippen LogP) is 2.55. The molecule has 8 heteroatoms. The number of rotatable bonds is 4. The van der Waals surface area contributed by atoms with Gasteiger partial charge >= 0.3 is 0 Å². The van der Waals surface area contributed by atoms with Crippen molar-refractivity contribution < 1.29 is 4.52 Å². The molecule has 0 amide bonds. The molecule has 1 aromatic carbocycles. The van der Waals surface area contributed by atoms with Crippen molar-refractivity contribution in [1.29, 1.82) is 0 Å². The quantitative estimate of drug-likeness (QED) is 0.409. The SMILES string of the molecule is CN=C(NCCc1nc(C)no1)N1CCN(c2cccc(C)c2C)CC1.I. The van der Waals surface area contributed by atoms with Gasteiger partial charge in [0, 0.05) is 51.9 Å². The number of aryl methyl sites for hydroxylation is 2. The average Bonchev–Trinajstić information content (AvgIpc) is 3.07. The molecule has 3 rings (SSSR count). The maximum absolute atomic E-state index is 5.15. The highest BCUT2D eigenvalue weighted by Crippen LogP contribution is 2.23. The zero-order valence-corrected chi connectivity index (χ0v) is 18.9. The van der Waals surface area contributed by atoms with Crippen LogP contribution < -0.4 is 10.2 Å². The van der Waals surface area contributed by atoms with Crippen LogP contribution in [0, 0.1) is 20.8 Å². The van der Waals surface area contributed by atoms with Gasteiger partial charge in [0.25, 0.3) is 0 Å². The third-order valence-electron chi connectivity index (χ3n) is 4.90. The molecule has 1 aliphatic rings. The number of guanidine groups is 1. The summed E-state index contributed by atoms with van der Waals surface area (Å²) in [6, 6.07) is 6.53. The van der Waals surface area contributed by atoms with Crippen LogP contribution in [0.15, 0.2) is 27.7 Å². The van der Waals surface area contributed by atoms with Gasteiger partial charge in [-0.05, 0) is 38.0 Å². The van der Waals surface area contributed by atoms with Crippen molar-refractivity contribution in [2.75, 3.05) is 44.7 Å². The van der Waals surface area contributed by atoms with Crippen LogP contribution in [0.3, 0.4) is 0 Å². The Bertz CT molecular complexity index is 767. The molecule has 0 spiro atoms. The van der Waals surface area contributed by atoms with Crippen molar-refractivity contribution in [3.05, 3.63) is 41.0 Å². The molecule has 7 nitrogen and oxygen atoms in total. The molecule has 2 aromatic rings. The number of nitrogens with one attached hydrogen (secondary N) is 1. The molecule has 0 radical (unpaired) electrons. The molecule has 2 heterocycles. The van der Waals surface area contributed by atoms with E-state index >= 15 is 0 Å². The van der Waals surface area contributed by atoms with Crippen molar-refractivity contribution in [3.8, 4) is 0 Å². The lowest BCUT2D eigenvalue weighted by Crippen LogP contribution is -2.53. The maximum atomic E-state index is 5.15. The van der Waals surface area contributed by atoms with E-state index in [2.05, 4.69) is 62.3 Å². The molecule has 27 heavy (non-hydrogen) atoms. The van der Waals surface area contributed by atoms with E-state index < -0.39 is 0 Å². The molecule has 0 aliphatic carbocycles. The van der Waals surface area contributed by atoms with Gasteiger partial charge < -0.3 is 19.6 Å². The molecule has 1 aromatic heterocycles. The summed E-state index contributed by atoms with van der Waals surface area (Å²) in [5.41, 5.74) is 4.07. The Balaban J connectivity index is 0.00000261. The van der Waals surface area contributed by atoms with E-state index in [4.69, 9.17) is 4.52 Å². The summed E-state index contributed by atoms with van der Waals surface area (Å²) >= 11 is 0. The molecule has 1 N–H and O–H groups in total. The Hall–Kier alpha value is -1.84. The Morgan fingerprint density at radius 1 is 1.19 bits per heavy atom. The minimum absolute atomic E-state index is 0. The molecule has 0 atom stereocenters. The molecule has 148 valence electrons. The van der Waals surface area contributed by atoms with Crippen molar-refractivity contribution in [2.24, 2.45) is 4.99 Å². The van der Waals surface area contributed by atoms with Gasteiger partial charge in [0.1, 0.15) is 0 Å². The summed E-state index contributed by atoms with van der Waals surface area (Å²) in [6.07, 6.45) is 0.697. The summed E-state index contributed by atoms with van der Waals surface area (Å²) in [5.74, 6) is 2.26. The number of aliphatic imine (C=N–C) groups is 1. The molecule has 0 bridgehead atoms. The van der Waals surface area contributed by atoms with Crippen molar-refractivity contribution in [1.82, 2.24) is 20.4 Å². The van der Waals surface area contributed by atoms with Crippen molar-refractivity contribution >= 4 is 35.6 Å². The molecule has 0 saturated carbocycles. The zero-order valence-electron chi connectivity index (χ0n) is 16.5. The van der Waals surface area contributed by atoms with Gasteiger partial charge in [0.2, 0.25) is 5.89 Å². The van der Waals surface area contributed by atoms with Gasteiger partial charge in [-0.2, -0.15) is 4.98 Å². The van der Waals surface area contributed by atoms with E-state index in [9.17, 15) is 0 Å². The van der Waals surface area contributed by atoms with Gasteiger partial charge in [0.05, 0.1) is 0 Å². The summed E-state index contributed by atoms with van der Waals surface area (Å²) < 4.78 is 5.15. The summed E-state index contributed by atoms with van der Waals surface area (Å²) in [7, 11) is 1.83. The first-order chi connectivity index (χ1) is 12.6. The lowest BCUT2D eigenvalue weighted by molar-refractivity contribution is 0.363. The molecular weight excluding hydrogens is 455 g/mol. The molecule has 1 saturated heterocycles. The molecule has 0 unspecified atom stereocenters. The second kappa shape index (κ2) is 9.91. The summed E-state index contributed by atoms with van der Waals surface area (Å²) in [6.45, 7) is 10.8. The number of hydrogen-bond acceptors (Lipinski definition) is 5. The summed E-state index contributed by atoms with van der Waals surface area (Å²) in [4.78, 5) is 13.4. The number of piperazine rings is 1. The summed E-state index contributed by atoms with van der Waals surface area (Å²) in [5, 5.41) is 7.22. The van der Waals surface area contributed by atoms with E-state index in [1.54, 1.807) is 0 Å². The van der Waals surface area contributed by atoms with Crippen LogP contribution in [0.5, 0.6) is 0 Å². The largest absolute Gasteiger partial charge is 0.368 e. The van der Waals surface area contributed by atoms with Crippen LogP contribution >= 0.6 is 24.0 Å². The lowest BCUT2D eigenvalue weighted by atomic mass is 10.1. The van der Waals surface area contributed by atoms with Crippen LogP contribution in [0.25, 0.3) is 0 Å². The number of anilines is 1. The van der Waals surface area contributed by atoms with Crippen LogP contribution in [0.2, 0.25) is 0 Å². The second-order valence-corrected chi connectivity index (χ2v) is 6.65. The zero-order chi connectivity index (χ0) is 18.5. The van der Waals surface area contributed by atoms with Crippen LogP contribution in [-0.2, 0) is 6.42 Å². The average molecular weight is 484 g/mol. The minimum Gasteiger partial charge on any atom is -0.368 e. The Morgan fingerprint density at radius 2 is 1.93 bits per heavy atom. The second-order valence-electron chi connectivity index (χ2n) is 6.65. The number of nitrogens with zero attached hydrogens (tertiary/aromatic N) is 5. The number of hydrogen-bond donors (Lipinski definition) is 1. The first-order valence-electron chi connectivity index (χ1n) is 9.14. The first-order valence-corrected chi connectivity index (χ1v) is 9.14. The minimum atomic E-state index is 0. The van der Waals surface area contributed by atoms with Gasteiger partial charge in [-0.25, -0.2) is 0 Å². The monoisotopic (exact) mass is 484 g/mol. The smallest absolute Gasteiger partial charge is 0.228 e. The fourth-order valence-electron chi connectivity index (χ4n) is 3.29. The first kappa shape index (κ1) is 21.5. The van der Waals surface area contributed by atoms with Crippen molar-refractivity contribution in [2.45, 2.75) is 27.2 Å². The number of aromatic nitrogens is 2. The highest BCUT2D eigenvalue weighted by atomic mass is 127. The number of halogens is 1. The van der Waals surface area contributed by atoms with Crippen molar-refractivity contribution in [3.63, 3.8) is 0 Å². The molecule has 1 fully saturated rings. The number of benzene rings is 1. The normalized spacial score (nSPS) is 14.9. The molecule has 1 aliphatic heterocycles. The lowest BCUT2D eigenvalue weighted by Gasteiger charge is -2.38. The van der Waals surface area contributed by atoms with E-state index in [-0.39, 0.29) is 24.0 Å². The molecular formula is C19H29IN6O. The third kappa shape index (κ3) is 5.33. The topological polar surface area (TPSA) is 69.8 Å². The van der Waals surface area contributed by atoms with Gasteiger partial charge in [-0.15, -0.1) is 24.0 Å². The van der Waals surface area contributed by atoms with E-state index in [0.29, 0.717) is 18.1 Å². The predicted molar refractivity (Wildman–Crippen MR) is 119 cm³/mol. The third-order valence-corrected chi connectivity index (χ3v) is 4.90. The van der Waals surface area contributed by atoms with E-state index in [0.717, 1.165) is 38.7 Å². The van der Waals surface area contributed by atoms with Crippen LogP contribution in [0.1, 0.15) is 22.8 Å². The Morgan fingerprint density at radius 3 is 2.56 bits per heavy atom. The fraction of sp³-hybridized carbons (Fsp3) is 0.526. The van der Waals surface area contributed by atoms with Gasteiger partial charge in [0.15, 0.2) is 11.8 Å². The maximum Gasteiger partial charge on any atom is 0.228 e. The van der Waals surface area contributed by atoms with Crippen LogP contribution in [0.4, 0.5) is 5.69 Å². The van der Waals surface area contributed by atoms with E-state index in [1.165, 1.54) is 16.8 Å². The highest BCUT2D eigenvalue weighted by Gasteiger charge is 2.21. The van der Waals surface area contributed by atoms with E-state index in [1.807, 2.05) is 14.0 Å². The Labute approximate surface area is 178 Å². The Kier molecular flexibility index (Phi) is 7.88. The standard InChI is InChI=1S/C19H28N6O.HI/c1-14-6-5-7-17(15(14)2)24-10-12-25(13-11-24)19(20-4)21-9-8-18-22-16(3)23-26-18;/h5-7H,8-13H2,1-4H3,(H,20,21);1H. The fourth-order valence-corrected chi connectivity index (χ4v) is 3.29. The van der Waals surface area contributed by atoms with Gasteiger partial charge in [-0.3, -0.25) is 4.99 Å².